The lowest BCUT2D eigenvalue weighted by Crippen LogP contribution is -2.09. The summed E-state index contributed by atoms with van der Waals surface area (Å²) >= 11 is 7.70. The highest BCUT2D eigenvalue weighted by Crippen LogP contribution is 2.26. The number of aromatic nitrogens is 1. The van der Waals surface area contributed by atoms with E-state index in [-0.39, 0.29) is 5.91 Å². The highest BCUT2D eigenvalue weighted by atomic mass is 35.5. The summed E-state index contributed by atoms with van der Waals surface area (Å²) in [5.41, 5.74) is 3.32. The molecule has 0 aliphatic carbocycles. The van der Waals surface area contributed by atoms with Gasteiger partial charge in [0.1, 0.15) is 0 Å². The number of nitrogens with zero attached hydrogens (tertiary/aromatic N) is 1. The van der Waals surface area contributed by atoms with Crippen LogP contribution in [-0.2, 0) is 11.3 Å². The summed E-state index contributed by atoms with van der Waals surface area (Å²) in [5.74, 6) is -0.0178. The van der Waals surface area contributed by atoms with Crippen molar-refractivity contribution in [3.63, 3.8) is 0 Å². The maximum Gasteiger partial charge on any atom is 0.224 e. The number of rotatable bonds is 5. The fourth-order valence-electron chi connectivity index (χ4n) is 1.50. The van der Waals surface area contributed by atoms with Crippen molar-refractivity contribution in [2.75, 3.05) is 10.6 Å². The van der Waals surface area contributed by atoms with Crippen molar-refractivity contribution in [1.82, 2.24) is 4.98 Å². The standard InChI is InChI=1S/C13H14ClN3OS/c1-2-13(18)17-9-3-4-11(14)12(5-9)16-7-10-6-15-8-19-10/h3-6,8,16H,2,7H2,1H3,(H,17,18). The Morgan fingerprint density at radius 2 is 2.32 bits per heavy atom. The zero-order valence-corrected chi connectivity index (χ0v) is 12.0. The van der Waals surface area contributed by atoms with Gasteiger partial charge in [0.05, 0.1) is 22.8 Å². The number of halogens is 1. The number of carbonyl (C=O) groups is 1. The quantitative estimate of drug-likeness (QED) is 0.883. The minimum atomic E-state index is -0.0178. The van der Waals surface area contributed by atoms with E-state index in [0.717, 1.165) is 16.3 Å². The molecule has 0 fully saturated rings. The molecule has 100 valence electrons. The van der Waals surface area contributed by atoms with Gasteiger partial charge in [-0.1, -0.05) is 18.5 Å². The number of carbonyl (C=O) groups excluding carboxylic acids is 1. The third-order valence-corrected chi connectivity index (χ3v) is 3.62. The van der Waals surface area contributed by atoms with E-state index < -0.39 is 0 Å². The van der Waals surface area contributed by atoms with Crippen LogP contribution < -0.4 is 10.6 Å². The first-order valence-corrected chi connectivity index (χ1v) is 7.15. The molecule has 0 aliphatic heterocycles. The third kappa shape index (κ3) is 3.94. The Kier molecular flexibility index (Phi) is 4.76. The number of benzene rings is 1. The second-order valence-corrected chi connectivity index (χ2v) is 5.30. The van der Waals surface area contributed by atoms with Gasteiger partial charge in [-0.25, -0.2) is 0 Å². The zero-order valence-electron chi connectivity index (χ0n) is 10.4. The molecule has 1 amide bonds. The number of nitrogens with one attached hydrogen (secondary N) is 2. The van der Waals surface area contributed by atoms with Gasteiger partial charge in [0.15, 0.2) is 0 Å². The van der Waals surface area contributed by atoms with Crippen LogP contribution in [0, 0.1) is 0 Å². The van der Waals surface area contributed by atoms with Crippen molar-refractivity contribution >= 4 is 40.2 Å². The Hall–Kier alpha value is -1.59. The molecule has 6 heteroatoms. The Bertz CT molecular complexity index is 557. The molecule has 1 aromatic heterocycles. The molecule has 4 nitrogen and oxygen atoms in total. The van der Waals surface area contributed by atoms with Crippen molar-refractivity contribution in [3.8, 4) is 0 Å². The van der Waals surface area contributed by atoms with Gasteiger partial charge >= 0.3 is 0 Å². The molecule has 0 saturated heterocycles. The average Bonchev–Trinajstić information content (AvgIpc) is 2.92. The predicted molar refractivity (Wildman–Crippen MR) is 79.8 cm³/mol. The molecule has 1 aromatic carbocycles. The molecule has 19 heavy (non-hydrogen) atoms. The summed E-state index contributed by atoms with van der Waals surface area (Å²) in [6.07, 6.45) is 2.26. The maximum atomic E-state index is 11.4. The lowest BCUT2D eigenvalue weighted by Gasteiger charge is -2.10. The Morgan fingerprint density at radius 1 is 1.47 bits per heavy atom. The predicted octanol–water partition coefficient (Wildman–Crippen LogP) is 3.76. The van der Waals surface area contributed by atoms with Crippen LogP contribution in [0.4, 0.5) is 11.4 Å². The number of hydrogen-bond acceptors (Lipinski definition) is 4. The summed E-state index contributed by atoms with van der Waals surface area (Å²) < 4.78 is 0. The van der Waals surface area contributed by atoms with Crippen molar-refractivity contribution < 1.29 is 4.79 Å². The van der Waals surface area contributed by atoms with Crippen LogP contribution in [-0.4, -0.2) is 10.9 Å². The van der Waals surface area contributed by atoms with Gasteiger partial charge in [-0.15, -0.1) is 11.3 Å². The molecule has 0 radical (unpaired) electrons. The molecule has 0 atom stereocenters. The normalized spacial score (nSPS) is 10.2. The van der Waals surface area contributed by atoms with E-state index in [9.17, 15) is 4.79 Å². The fraction of sp³-hybridized carbons (Fsp3) is 0.231. The molecule has 0 bridgehead atoms. The summed E-state index contributed by atoms with van der Waals surface area (Å²) in [7, 11) is 0. The molecular formula is C13H14ClN3OS. The SMILES string of the molecule is CCC(=O)Nc1ccc(Cl)c(NCc2cncs2)c1. The molecule has 0 aliphatic rings. The highest BCUT2D eigenvalue weighted by Gasteiger charge is 2.05. The van der Waals surface area contributed by atoms with Crippen LogP contribution in [0.2, 0.25) is 5.02 Å². The fourth-order valence-corrected chi connectivity index (χ4v) is 2.22. The second-order valence-electron chi connectivity index (χ2n) is 3.92. The van der Waals surface area contributed by atoms with Gasteiger partial charge in [-0.05, 0) is 18.2 Å². The maximum absolute atomic E-state index is 11.4. The van der Waals surface area contributed by atoms with Crippen molar-refractivity contribution in [1.29, 1.82) is 0 Å². The minimum Gasteiger partial charge on any atom is -0.379 e. The molecule has 2 N–H and O–H groups in total. The lowest BCUT2D eigenvalue weighted by atomic mass is 10.2. The van der Waals surface area contributed by atoms with Crippen LogP contribution >= 0.6 is 22.9 Å². The number of anilines is 2. The van der Waals surface area contributed by atoms with E-state index in [4.69, 9.17) is 11.6 Å². The van der Waals surface area contributed by atoms with Crippen LogP contribution in [0.1, 0.15) is 18.2 Å². The number of thiazole rings is 1. The van der Waals surface area contributed by atoms with E-state index in [1.807, 2.05) is 19.2 Å². The first kappa shape index (κ1) is 13.8. The van der Waals surface area contributed by atoms with E-state index in [2.05, 4.69) is 15.6 Å². The first-order valence-electron chi connectivity index (χ1n) is 5.89. The van der Waals surface area contributed by atoms with E-state index in [0.29, 0.717) is 18.0 Å². The molecule has 2 aromatic rings. The molecule has 0 unspecified atom stereocenters. The van der Waals surface area contributed by atoms with Crippen LogP contribution in [0.25, 0.3) is 0 Å². The second kappa shape index (κ2) is 6.54. The van der Waals surface area contributed by atoms with Gasteiger partial charge < -0.3 is 10.6 Å². The summed E-state index contributed by atoms with van der Waals surface area (Å²) in [5, 5.41) is 6.66. The van der Waals surface area contributed by atoms with Crippen molar-refractivity contribution in [2.45, 2.75) is 19.9 Å². The van der Waals surface area contributed by atoms with Gasteiger partial charge in [0, 0.05) is 23.2 Å². The van der Waals surface area contributed by atoms with E-state index in [1.54, 1.807) is 29.0 Å². The zero-order chi connectivity index (χ0) is 13.7. The average molecular weight is 296 g/mol. The minimum absolute atomic E-state index is 0.0178. The highest BCUT2D eigenvalue weighted by molar-refractivity contribution is 7.09. The van der Waals surface area contributed by atoms with E-state index in [1.165, 1.54) is 0 Å². The topological polar surface area (TPSA) is 54.0 Å². The summed E-state index contributed by atoms with van der Waals surface area (Å²) in [6, 6.07) is 5.38. The molecule has 1 heterocycles. The number of hydrogen-bond donors (Lipinski definition) is 2. The summed E-state index contributed by atoms with van der Waals surface area (Å²) in [4.78, 5) is 16.5. The number of amides is 1. The van der Waals surface area contributed by atoms with Crippen LogP contribution in [0.5, 0.6) is 0 Å². The molecule has 0 spiro atoms. The largest absolute Gasteiger partial charge is 0.379 e. The Labute approximate surface area is 120 Å². The molecule has 0 saturated carbocycles. The van der Waals surface area contributed by atoms with Crippen molar-refractivity contribution in [3.05, 3.63) is 39.8 Å². The first-order chi connectivity index (χ1) is 9.19. The lowest BCUT2D eigenvalue weighted by molar-refractivity contribution is -0.115. The third-order valence-electron chi connectivity index (χ3n) is 2.51. The van der Waals surface area contributed by atoms with Gasteiger partial charge in [0.2, 0.25) is 5.91 Å². The van der Waals surface area contributed by atoms with Gasteiger partial charge in [-0.2, -0.15) is 0 Å². The Morgan fingerprint density at radius 3 is 3.00 bits per heavy atom. The molecule has 2 rings (SSSR count). The van der Waals surface area contributed by atoms with Crippen molar-refractivity contribution in [2.24, 2.45) is 0 Å². The smallest absolute Gasteiger partial charge is 0.224 e. The monoisotopic (exact) mass is 295 g/mol. The Balaban J connectivity index is 2.06. The van der Waals surface area contributed by atoms with E-state index >= 15 is 0 Å². The van der Waals surface area contributed by atoms with Gasteiger partial charge in [-0.3, -0.25) is 9.78 Å². The van der Waals surface area contributed by atoms with Crippen LogP contribution in [0.15, 0.2) is 29.9 Å². The van der Waals surface area contributed by atoms with Crippen LogP contribution in [0.3, 0.4) is 0 Å². The van der Waals surface area contributed by atoms with Gasteiger partial charge in [0.25, 0.3) is 0 Å². The summed E-state index contributed by atoms with van der Waals surface area (Å²) in [6.45, 7) is 2.48. The molecular weight excluding hydrogens is 282 g/mol.